The highest BCUT2D eigenvalue weighted by atomic mass is 16.5. The Balaban J connectivity index is 1.71. The molecule has 2 N–H and O–H groups in total. The maximum Gasteiger partial charge on any atom is 0.324 e. The molecular formula is C38H42N4O5. The predicted octanol–water partition coefficient (Wildman–Crippen LogP) is 6.98. The van der Waals surface area contributed by atoms with Gasteiger partial charge in [-0.1, -0.05) is 33.4 Å². The van der Waals surface area contributed by atoms with Crippen LogP contribution in [-0.4, -0.2) is 48.4 Å². The van der Waals surface area contributed by atoms with Crippen LogP contribution in [-0.2, 0) is 19.1 Å². The molecule has 3 atom stereocenters. The molecule has 0 aromatic carbocycles. The van der Waals surface area contributed by atoms with Crippen LogP contribution in [0.3, 0.4) is 0 Å². The zero-order valence-corrected chi connectivity index (χ0v) is 28.4. The van der Waals surface area contributed by atoms with Gasteiger partial charge in [0, 0.05) is 46.4 Å². The van der Waals surface area contributed by atoms with Gasteiger partial charge in [-0.05, 0) is 80.6 Å². The quantitative estimate of drug-likeness (QED) is 0.292. The molecule has 5 heterocycles. The molecule has 47 heavy (non-hydrogen) atoms. The Hall–Kier alpha value is -4.79. The Kier molecular flexibility index (Phi) is 8.06. The third-order valence-electron chi connectivity index (χ3n) is 10.6. The normalized spacial score (nSPS) is 26.3. The van der Waals surface area contributed by atoms with Crippen molar-refractivity contribution >= 4 is 29.1 Å². The van der Waals surface area contributed by atoms with Gasteiger partial charge < -0.3 is 19.9 Å². The monoisotopic (exact) mass is 634 g/mol. The van der Waals surface area contributed by atoms with Crippen LogP contribution < -0.4 is 5.32 Å². The van der Waals surface area contributed by atoms with Gasteiger partial charge in [-0.3, -0.25) is 9.59 Å². The van der Waals surface area contributed by atoms with Crippen molar-refractivity contribution in [3.63, 3.8) is 0 Å². The summed E-state index contributed by atoms with van der Waals surface area (Å²) in [6, 6.07) is 0. The average Bonchev–Trinajstić information content (AvgIpc) is 3.79. The summed E-state index contributed by atoms with van der Waals surface area (Å²) in [6.07, 6.45) is 9.52. The van der Waals surface area contributed by atoms with E-state index in [1.54, 1.807) is 0 Å². The van der Waals surface area contributed by atoms with Gasteiger partial charge in [-0.2, -0.15) is 0 Å². The molecule has 5 aliphatic heterocycles. The fourth-order valence-electron chi connectivity index (χ4n) is 7.80. The topological polar surface area (TPSA) is 122 Å². The van der Waals surface area contributed by atoms with Crippen molar-refractivity contribution in [3.8, 4) is 0 Å². The first-order chi connectivity index (χ1) is 22.5. The van der Waals surface area contributed by atoms with Crippen LogP contribution in [0, 0.1) is 17.3 Å². The summed E-state index contributed by atoms with van der Waals surface area (Å²) < 4.78 is 10.4. The molecule has 6 rings (SSSR count). The van der Waals surface area contributed by atoms with Crippen molar-refractivity contribution in [2.45, 2.75) is 67.2 Å². The van der Waals surface area contributed by atoms with E-state index in [0.717, 1.165) is 68.5 Å². The van der Waals surface area contributed by atoms with Crippen molar-refractivity contribution in [2.75, 3.05) is 14.2 Å². The Morgan fingerprint density at radius 1 is 1.00 bits per heavy atom. The molecule has 0 unspecified atom stereocenters. The average molecular weight is 635 g/mol. The highest BCUT2D eigenvalue weighted by Crippen LogP contribution is 2.56. The Labute approximate surface area is 276 Å². The minimum absolute atomic E-state index is 0.0705. The molecular weight excluding hydrogens is 592 g/mol. The molecule has 0 aromatic heterocycles. The molecule has 0 aromatic rings. The van der Waals surface area contributed by atoms with E-state index in [1.165, 1.54) is 14.2 Å². The van der Waals surface area contributed by atoms with Crippen molar-refractivity contribution in [3.05, 3.63) is 104 Å². The number of esters is 2. The molecule has 0 amide bonds. The van der Waals surface area contributed by atoms with E-state index < -0.39 is 11.4 Å². The Bertz CT molecular complexity index is 1900. The molecule has 8 bridgehead atoms. The zero-order valence-electron chi connectivity index (χ0n) is 28.4. The van der Waals surface area contributed by atoms with Gasteiger partial charge in [0.15, 0.2) is 5.41 Å². The van der Waals surface area contributed by atoms with E-state index in [-0.39, 0.29) is 36.4 Å². The third kappa shape index (κ3) is 4.61. The number of aliphatic hydroxyl groups is 1. The van der Waals surface area contributed by atoms with Crippen LogP contribution in [0.15, 0.2) is 119 Å². The number of aliphatic hydroxyl groups excluding tert-OH is 1. The molecule has 9 heteroatoms. The highest BCUT2D eigenvalue weighted by Gasteiger charge is 2.58. The molecule has 1 fully saturated rings. The number of nitrogens with zero attached hydrogens (tertiary/aromatic N) is 3. The summed E-state index contributed by atoms with van der Waals surface area (Å²) >= 11 is 0. The van der Waals surface area contributed by atoms with Crippen LogP contribution >= 0.6 is 0 Å². The fraction of sp³-hybridized carbons (Fsp3) is 0.395. The van der Waals surface area contributed by atoms with E-state index in [1.807, 2.05) is 45.1 Å². The number of allylic oxidation sites excluding steroid dienone is 11. The number of nitrogens with one attached hydrogen (secondary N) is 1. The minimum Gasteiger partial charge on any atom is -0.510 e. The lowest BCUT2D eigenvalue weighted by atomic mass is 9.75. The summed E-state index contributed by atoms with van der Waals surface area (Å²) in [4.78, 5) is 41.6. The lowest BCUT2D eigenvalue weighted by molar-refractivity contribution is -0.149. The predicted molar refractivity (Wildman–Crippen MR) is 184 cm³/mol. The number of hydrogen-bond acceptors (Lipinski definition) is 9. The van der Waals surface area contributed by atoms with E-state index in [9.17, 15) is 14.7 Å². The van der Waals surface area contributed by atoms with Crippen LogP contribution in [0.1, 0.15) is 67.2 Å². The summed E-state index contributed by atoms with van der Waals surface area (Å²) in [6.45, 7) is 16.2. The number of carbonyl (C=O) groups is 2. The van der Waals surface area contributed by atoms with Crippen molar-refractivity contribution in [1.29, 1.82) is 0 Å². The maximum absolute atomic E-state index is 13.9. The summed E-state index contributed by atoms with van der Waals surface area (Å²) in [7, 11) is 2.72. The van der Waals surface area contributed by atoms with Gasteiger partial charge in [0.1, 0.15) is 5.76 Å². The van der Waals surface area contributed by atoms with Crippen molar-refractivity contribution < 1.29 is 24.2 Å². The lowest BCUT2D eigenvalue weighted by Gasteiger charge is -2.30. The second-order valence-corrected chi connectivity index (χ2v) is 12.7. The maximum atomic E-state index is 13.9. The first-order valence-electron chi connectivity index (χ1n) is 16.2. The summed E-state index contributed by atoms with van der Waals surface area (Å²) in [5, 5.41) is 15.8. The van der Waals surface area contributed by atoms with E-state index >= 15 is 0 Å². The molecule has 244 valence electrons. The van der Waals surface area contributed by atoms with E-state index in [2.05, 4.69) is 32.7 Å². The first kappa shape index (κ1) is 32.2. The summed E-state index contributed by atoms with van der Waals surface area (Å²) in [5.74, 6) is -1.27. The smallest absolute Gasteiger partial charge is 0.324 e. The summed E-state index contributed by atoms with van der Waals surface area (Å²) in [5.41, 5.74) is 10.5. The van der Waals surface area contributed by atoms with E-state index in [4.69, 9.17) is 24.5 Å². The molecule has 0 radical (unpaired) electrons. The number of carbonyl (C=O) groups excluding carboxylic acids is 2. The van der Waals surface area contributed by atoms with Gasteiger partial charge in [-0.15, -0.1) is 0 Å². The van der Waals surface area contributed by atoms with Crippen LogP contribution in [0.25, 0.3) is 0 Å². The number of ether oxygens (including phenoxy) is 2. The third-order valence-corrected chi connectivity index (χ3v) is 10.6. The molecule has 1 saturated heterocycles. The highest BCUT2D eigenvalue weighted by molar-refractivity contribution is 6.25. The second-order valence-electron chi connectivity index (χ2n) is 12.7. The number of hydrogen-bond donors (Lipinski definition) is 2. The lowest BCUT2D eigenvalue weighted by Crippen LogP contribution is -2.37. The number of rotatable bonds is 7. The van der Waals surface area contributed by atoms with Gasteiger partial charge in [0.05, 0.1) is 48.4 Å². The number of fused-ring (bicyclic) bond motifs is 5. The number of aliphatic imine (C=N–C) groups is 3. The second kappa shape index (κ2) is 11.8. The van der Waals surface area contributed by atoms with Crippen LogP contribution in [0.4, 0.5) is 0 Å². The molecule has 0 saturated carbocycles. The van der Waals surface area contributed by atoms with Gasteiger partial charge >= 0.3 is 11.9 Å². The molecule has 1 aliphatic carbocycles. The van der Waals surface area contributed by atoms with E-state index in [0.29, 0.717) is 29.0 Å². The van der Waals surface area contributed by atoms with Gasteiger partial charge in [0.2, 0.25) is 0 Å². The Morgan fingerprint density at radius 3 is 2.34 bits per heavy atom. The van der Waals surface area contributed by atoms with Gasteiger partial charge in [0.25, 0.3) is 0 Å². The minimum atomic E-state index is -1.48. The first-order valence-corrected chi connectivity index (χ1v) is 16.2. The van der Waals surface area contributed by atoms with Gasteiger partial charge in [-0.25, -0.2) is 15.0 Å². The fourth-order valence-corrected chi connectivity index (χ4v) is 7.80. The largest absolute Gasteiger partial charge is 0.510 e. The van der Waals surface area contributed by atoms with Crippen molar-refractivity contribution in [1.82, 2.24) is 5.32 Å². The van der Waals surface area contributed by atoms with Crippen LogP contribution in [0.2, 0.25) is 0 Å². The number of methoxy groups -OCH3 is 2. The SMILES string of the molecule is C=CC1=C(C)C2=NC1=CC1=NC(=CC3=C(C)C4=C(O)[C@](CC)(C(=O)OC)C(=C5NC(=C2)[C@@H](C)[C@@H]5CCC(=O)OC)C4=N3)C(CC)=C1C. The van der Waals surface area contributed by atoms with Crippen molar-refractivity contribution in [2.24, 2.45) is 32.2 Å². The Morgan fingerprint density at radius 2 is 1.70 bits per heavy atom. The zero-order chi connectivity index (χ0) is 33.9. The van der Waals surface area contributed by atoms with Crippen LogP contribution in [0.5, 0.6) is 0 Å². The molecule has 6 aliphatic rings. The molecule has 0 spiro atoms. The standard InChI is InChI=1S/C38H42N4O5/c1-10-22-18(4)25-15-27-20(6)24(13-14-31(43)46-8)34(41-27)33-35-32(36(44)38(33,12-3)37(45)47-9)21(7)28(42-35)17-30-23(11-2)19(5)26(40-30)16-29(22)39-25/h10,15-17,20,24,41,44H,1,11-14H2,2-9H3/t20-,24-,38+/m0/s1. The molecule has 9 nitrogen and oxygen atoms in total.